The average molecular weight is 324 g/mol. The van der Waals surface area contributed by atoms with E-state index in [9.17, 15) is 0 Å². The largest absolute Gasteiger partial charge is 0.464 e. The molecule has 1 heterocycles. The highest BCUT2D eigenvalue weighted by Crippen LogP contribution is 2.34. The van der Waals surface area contributed by atoms with E-state index >= 15 is 0 Å². The molecule has 2 N–H and O–H groups in total. The number of furan rings is 1. The van der Waals surface area contributed by atoms with Gasteiger partial charge in [-0.15, -0.1) is 0 Å². The monoisotopic (exact) mass is 324 g/mol. The Hall–Kier alpha value is -2.17. The van der Waals surface area contributed by atoms with Crippen molar-refractivity contribution < 1.29 is 4.42 Å². The van der Waals surface area contributed by atoms with Crippen molar-refractivity contribution in [2.24, 2.45) is 0 Å². The summed E-state index contributed by atoms with van der Waals surface area (Å²) in [6.07, 6.45) is 1.71. The molecule has 4 heteroatoms. The highest BCUT2D eigenvalue weighted by molar-refractivity contribution is 8.00. The molecule has 118 valence electrons. The molecule has 3 nitrogen and oxygen atoms in total. The first-order valence-electron chi connectivity index (χ1n) is 7.61. The molecule has 0 bridgehead atoms. The van der Waals surface area contributed by atoms with E-state index in [1.165, 1.54) is 10.5 Å². The average Bonchev–Trinajstić information content (AvgIpc) is 3.14. The van der Waals surface area contributed by atoms with Gasteiger partial charge in [0.15, 0.2) is 0 Å². The zero-order valence-electron chi connectivity index (χ0n) is 13.2. The van der Waals surface area contributed by atoms with Gasteiger partial charge in [-0.2, -0.15) is 0 Å². The van der Waals surface area contributed by atoms with E-state index in [0.29, 0.717) is 6.04 Å². The molecule has 0 radical (unpaired) electrons. The van der Waals surface area contributed by atoms with Crippen molar-refractivity contribution in [1.29, 1.82) is 0 Å². The van der Waals surface area contributed by atoms with Gasteiger partial charge in [-0.25, -0.2) is 0 Å². The van der Waals surface area contributed by atoms with Crippen LogP contribution in [0.15, 0.2) is 76.2 Å². The number of anilines is 1. The zero-order chi connectivity index (χ0) is 16.1. The molecular formula is C19H20N2OS. The Labute approximate surface area is 141 Å². The first kappa shape index (κ1) is 15.7. The van der Waals surface area contributed by atoms with Gasteiger partial charge in [-0.05, 0) is 67.9 Å². The highest BCUT2D eigenvalue weighted by atomic mass is 32.2. The van der Waals surface area contributed by atoms with Gasteiger partial charge >= 0.3 is 0 Å². The van der Waals surface area contributed by atoms with Gasteiger partial charge in [0, 0.05) is 16.5 Å². The van der Waals surface area contributed by atoms with Crippen molar-refractivity contribution in [2.75, 3.05) is 11.8 Å². The van der Waals surface area contributed by atoms with Crippen molar-refractivity contribution >= 4 is 17.6 Å². The fourth-order valence-corrected chi connectivity index (χ4v) is 3.02. The summed E-state index contributed by atoms with van der Waals surface area (Å²) in [6.45, 7) is 2.15. The molecule has 1 aromatic heterocycles. The maximum atomic E-state index is 5.61. The van der Waals surface area contributed by atoms with Gasteiger partial charge in [0.2, 0.25) is 0 Å². The van der Waals surface area contributed by atoms with E-state index in [1.807, 2.05) is 37.4 Å². The smallest absolute Gasteiger partial charge is 0.135 e. The number of benzene rings is 2. The first-order valence-corrected chi connectivity index (χ1v) is 8.42. The lowest BCUT2D eigenvalue weighted by Gasteiger charge is -2.15. The third kappa shape index (κ3) is 3.78. The van der Waals surface area contributed by atoms with Crippen LogP contribution in [-0.2, 0) is 0 Å². The van der Waals surface area contributed by atoms with Crippen LogP contribution in [0.2, 0.25) is 0 Å². The number of hydrogen-bond donors (Lipinski definition) is 2. The van der Waals surface area contributed by atoms with Crippen LogP contribution in [0.25, 0.3) is 11.3 Å². The molecule has 0 saturated carbocycles. The fourth-order valence-electron chi connectivity index (χ4n) is 2.32. The summed E-state index contributed by atoms with van der Waals surface area (Å²) in [4.78, 5) is 1.17. The number of hydrogen-bond acceptors (Lipinski definition) is 4. The van der Waals surface area contributed by atoms with E-state index in [0.717, 1.165) is 17.0 Å². The summed E-state index contributed by atoms with van der Waals surface area (Å²) in [7, 11) is 1.97. The van der Waals surface area contributed by atoms with E-state index in [4.69, 9.17) is 4.42 Å². The molecule has 23 heavy (non-hydrogen) atoms. The summed E-state index contributed by atoms with van der Waals surface area (Å²) in [5.41, 5.74) is 3.34. The van der Waals surface area contributed by atoms with Crippen molar-refractivity contribution in [1.82, 2.24) is 5.32 Å². The summed E-state index contributed by atoms with van der Waals surface area (Å²) in [5, 5.41) is 3.27. The van der Waals surface area contributed by atoms with Crippen LogP contribution in [-0.4, -0.2) is 7.05 Å². The molecule has 0 spiro atoms. The fraction of sp³-hybridized carbons (Fsp3) is 0.158. The van der Waals surface area contributed by atoms with Crippen LogP contribution in [0.5, 0.6) is 0 Å². The normalized spacial score (nSPS) is 12.1. The zero-order valence-corrected chi connectivity index (χ0v) is 14.1. The topological polar surface area (TPSA) is 37.2 Å². The van der Waals surface area contributed by atoms with Crippen LogP contribution in [0, 0.1) is 0 Å². The van der Waals surface area contributed by atoms with E-state index in [1.54, 1.807) is 18.2 Å². The van der Waals surface area contributed by atoms with Crippen molar-refractivity contribution in [3.63, 3.8) is 0 Å². The van der Waals surface area contributed by atoms with Crippen LogP contribution < -0.4 is 10.0 Å². The molecule has 0 amide bonds. The van der Waals surface area contributed by atoms with Gasteiger partial charge in [-0.3, -0.25) is 0 Å². The highest BCUT2D eigenvalue weighted by Gasteiger charge is 2.12. The van der Waals surface area contributed by atoms with Crippen LogP contribution >= 0.6 is 11.9 Å². The Kier molecular flexibility index (Phi) is 5.05. The van der Waals surface area contributed by atoms with E-state index in [-0.39, 0.29) is 0 Å². The molecule has 0 saturated heterocycles. The Bertz CT molecular complexity index is 741. The summed E-state index contributed by atoms with van der Waals surface area (Å²) in [5.74, 6) is 0.867. The quantitative estimate of drug-likeness (QED) is 0.600. The first-order chi connectivity index (χ1) is 11.3. The molecule has 3 aromatic rings. The molecule has 0 aliphatic carbocycles. The van der Waals surface area contributed by atoms with Crippen LogP contribution in [0.3, 0.4) is 0 Å². The minimum Gasteiger partial charge on any atom is -0.464 e. The van der Waals surface area contributed by atoms with E-state index in [2.05, 4.69) is 47.3 Å². The predicted molar refractivity (Wildman–Crippen MR) is 97.5 cm³/mol. The van der Waals surface area contributed by atoms with Crippen LogP contribution in [0.4, 0.5) is 5.69 Å². The molecule has 1 atom stereocenters. The predicted octanol–water partition coefficient (Wildman–Crippen LogP) is 5.35. The van der Waals surface area contributed by atoms with Crippen molar-refractivity contribution in [3.05, 3.63) is 72.5 Å². The molecule has 2 aromatic carbocycles. The molecule has 0 fully saturated rings. The Morgan fingerprint density at radius 3 is 2.52 bits per heavy atom. The number of nitrogens with one attached hydrogen (secondary N) is 2. The summed E-state index contributed by atoms with van der Waals surface area (Å²) < 4.78 is 9.05. The lowest BCUT2D eigenvalue weighted by Crippen LogP contribution is -2.12. The SMILES string of the molecule is CNC(C)c1ccc(NSc2ccccc2)c(-c2ccco2)c1. The van der Waals surface area contributed by atoms with Gasteiger partial charge < -0.3 is 14.5 Å². The second kappa shape index (κ2) is 7.40. The molecule has 0 aliphatic heterocycles. The van der Waals surface area contributed by atoms with Crippen LogP contribution in [0.1, 0.15) is 18.5 Å². The maximum Gasteiger partial charge on any atom is 0.135 e. The van der Waals surface area contributed by atoms with Crippen molar-refractivity contribution in [3.8, 4) is 11.3 Å². The Morgan fingerprint density at radius 1 is 1.00 bits per heavy atom. The lowest BCUT2D eigenvalue weighted by molar-refractivity contribution is 0.582. The van der Waals surface area contributed by atoms with E-state index < -0.39 is 0 Å². The maximum absolute atomic E-state index is 5.61. The van der Waals surface area contributed by atoms with Gasteiger partial charge in [0.25, 0.3) is 0 Å². The van der Waals surface area contributed by atoms with Gasteiger partial charge in [0.1, 0.15) is 5.76 Å². The number of rotatable bonds is 6. The standard InChI is InChI=1S/C19H20N2OS/c1-14(20-2)15-10-11-18(17(13-15)19-9-6-12-22-19)21-23-16-7-4-3-5-8-16/h3-14,20-21H,1-2H3. The third-order valence-electron chi connectivity index (χ3n) is 3.79. The van der Waals surface area contributed by atoms with Crippen molar-refractivity contribution in [2.45, 2.75) is 17.9 Å². The molecule has 0 aliphatic rings. The Balaban J connectivity index is 1.89. The minimum atomic E-state index is 0.291. The molecule has 3 rings (SSSR count). The second-order valence-corrected chi connectivity index (χ2v) is 6.19. The summed E-state index contributed by atoms with van der Waals surface area (Å²) >= 11 is 1.60. The Morgan fingerprint density at radius 2 is 1.83 bits per heavy atom. The lowest BCUT2D eigenvalue weighted by atomic mass is 10.0. The van der Waals surface area contributed by atoms with Gasteiger partial charge in [-0.1, -0.05) is 24.3 Å². The third-order valence-corrected chi connectivity index (χ3v) is 4.62. The molecular weight excluding hydrogens is 304 g/mol. The van der Waals surface area contributed by atoms with Gasteiger partial charge in [0.05, 0.1) is 12.0 Å². The molecule has 1 unspecified atom stereocenters. The second-order valence-electron chi connectivity index (χ2n) is 5.31. The minimum absolute atomic E-state index is 0.291. The summed E-state index contributed by atoms with van der Waals surface area (Å²) in [6, 6.07) is 20.9.